The van der Waals surface area contributed by atoms with E-state index in [1.54, 1.807) is 19.1 Å². The lowest BCUT2D eigenvalue weighted by molar-refractivity contribution is -0.121. The monoisotopic (exact) mass is 263 g/mol. The maximum Gasteiger partial charge on any atom is 0.417 e. The quantitative estimate of drug-likeness (QED) is 0.731. The molecule has 19 heavy (non-hydrogen) atoms. The molecule has 0 fully saturated rings. The lowest BCUT2D eigenvalue weighted by Gasteiger charge is -2.07. The maximum absolute atomic E-state index is 11.4. The number of nitrogens with two attached hydrogens (primary N) is 1. The van der Waals surface area contributed by atoms with Gasteiger partial charge >= 0.3 is 5.76 Å². The molecule has 4 N–H and O–H groups in total. The fourth-order valence-corrected chi connectivity index (χ4v) is 1.86. The minimum atomic E-state index is -0.461. The topological polar surface area (TPSA) is 101 Å². The second-order valence-electron chi connectivity index (χ2n) is 4.63. The van der Waals surface area contributed by atoms with Crippen LogP contribution >= 0.6 is 0 Å². The van der Waals surface area contributed by atoms with Crippen molar-refractivity contribution in [1.82, 2.24) is 10.3 Å². The van der Waals surface area contributed by atoms with Gasteiger partial charge in [-0.3, -0.25) is 9.78 Å². The number of benzene rings is 1. The van der Waals surface area contributed by atoms with E-state index in [1.807, 2.05) is 6.07 Å². The molecule has 6 nitrogen and oxygen atoms in total. The van der Waals surface area contributed by atoms with Gasteiger partial charge in [0.15, 0.2) is 5.58 Å². The van der Waals surface area contributed by atoms with Gasteiger partial charge < -0.3 is 15.5 Å². The van der Waals surface area contributed by atoms with Crippen LogP contribution in [0.1, 0.15) is 18.9 Å². The SMILES string of the molecule is CC(N)CC(=O)NCCc1ccc2[nH]c(=O)oc2c1. The van der Waals surface area contributed by atoms with E-state index in [9.17, 15) is 9.59 Å². The molecule has 0 aliphatic carbocycles. The predicted molar refractivity (Wildman–Crippen MR) is 71.8 cm³/mol. The fourth-order valence-electron chi connectivity index (χ4n) is 1.86. The molecule has 1 amide bonds. The van der Waals surface area contributed by atoms with Crippen molar-refractivity contribution in [2.24, 2.45) is 5.73 Å². The number of carbonyl (C=O) groups is 1. The molecule has 1 aromatic carbocycles. The van der Waals surface area contributed by atoms with E-state index < -0.39 is 5.76 Å². The molecule has 1 atom stereocenters. The van der Waals surface area contributed by atoms with Crippen LogP contribution in [0.25, 0.3) is 11.1 Å². The van der Waals surface area contributed by atoms with Gasteiger partial charge in [0, 0.05) is 19.0 Å². The van der Waals surface area contributed by atoms with Gasteiger partial charge in [0.05, 0.1) is 5.52 Å². The zero-order valence-corrected chi connectivity index (χ0v) is 10.7. The minimum Gasteiger partial charge on any atom is -0.408 e. The average molecular weight is 263 g/mol. The molecule has 0 saturated heterocycles. The number of hydrogen-bond acceptors (Lipinski definition) is 4. The van der Waals surface area contributed by atoms with Gasteiger partial charge in [-0.25, -0.2) is 4.79 Å². The summed E-state index contributed by atoms with van der Waals surface area (Å²) in [7, 11) is 0. The number of rotatable bonds is 5. The van der Waals surface area contributed by atoms with Crippen molar-refractivity contribution in [3.63, 3.8) is 0 Å². The predicted octanol–water partition coefficient (Wildman–Crippen LogP) is 0.517. The number of H-pyrrole nitrogens is 1. The van der Waals surface area contributed by atoms with Crippen molar-refractivity contribution in [2.45, 2.75) is 25.8 Å². The molecular weight excluding hydrogens is 246 g/mol. The molecule has 0 bridgehead atoms. The van der Waals surface area contributed by atoms with Crippen LogP contribution in [0.15, 0.2) is 27.4 Å². The molecule has 1 heterocycles. The van der Waals surface area contributed by atoms with E-state index in [-0.39, 0.29) is 11.9 Å². The summed E-state index contributed by atoms with van der Waals surface area (Å²) in [4.78, 5) is 25.0. The Labute approximate surface area is 110 Å². The first-order valence-electron chi connectivity index (χ1n) is 6.18. The van der Waals surface area contributed by atoms with E-state index >= 15 is 0 Å². The standard InChI is InChI=1S/C13H17N3O3/c1-8(14)6-12(17)15-5-4-9-2-3-10-11(7-9)19-13(18)16-10/h2-3,7-8H,4-6,14H2,1H3,(H,15,17)(H,16,18). The van der Waals surface area contributed by atoms with Crippen molar-refractivity contribution in [2.75, 3.05) is 6.54 Å². The molecule has 0 saturated carbocycles. The molecule has 2 rings (SSSR count). The highest BCUT2D eigenvalue weighted by Gasteiger charge is 2.05. The third-order valence-corrected chi connectivity index (χ3v) is 2.73. The summed E-state index contributed by atoms with van der Waals surface area (Å²) in [5.41, 5.74) is 7.74. The number of oxazole rings is 1. The Morgan fingerprint density at radius 3 is 3.05 bits per heavy atom. The van der Waals surface area contributed by atoms with E-state index in [1.165, 1.54) is 0 Å². The van der Waals surface area contributed by atoms with Crippen molar-refractivity contribution in [3.05, 3.63) is 34.3 Å². The molecule has 1 aromatic heterocycles. The van der Waals surface area contributed by atoms with Crippen LogP contribution in [-0.4, -0.2) is 23.5 Å². The van der Waals surface area contributed by atoms with E-state index in [4.69, 9.17) is 10.2 Å². The largest absolute Gasteiger partial charge is 0.417 e. The highest BCUT2D eigenvalue weighted by atomic mass is 16.4. The molecule has 0 aliphatic heterocycles. The lowest BCUT2D eigenvalue weighted by Crippen LogP contribution is -2.31. The lowest BCUT2D eigenvalue weighted by atomic mass is 10.1. The second kappa shape index (κ2) is 5.71. The van der Waals surface area contributed by atoms with E-state index in [0.717, 1.165) is 5.56 Å². The van der Waals surface area contributed by atoms with Gasteiger partial charge in [-0.2, -0.15) is 0 Å². The molecule has 0 aliphatic rings. The van der Waals surface area contributed by atoms with Gasteiger partial charge in [-0.15, -0.1) is 0 Å². The third-order valence-electron chi connectivity index (χ3n) is 2.73. The van der Waals surface area contributed by atoms with Crippen LogP contribution in [0.5, 0.6) is 0 Å². The molecule has 2 aromatic rings. The first-order chi connectivity index (χ1) is 9.04. The Balaban J connectivity index is 1.91. The van der Waals surface area contributed by atoms with Crippen LogP contribution in [0.2, 0.25) is 0 Å². The summed E-state index contributed by atoms with van der Waals surface area (Å²) >= 11 is 0. The van der Waals surface area contributed by atoms with E-state index in [2.05, 4.69) is 10.3 Å². The van der Waals surface area contributed by atoms with Crippen LogP contribution in [0, 0.1) is 0 Å². The number of aromatic amines is 1. The molecule has 0 radical (unpaired) electrons. The summed E-state index contributed by atoms with van der Waals surface area (Å²) in [6.45, 7) is 2.33. The van der Waals surface area contributed by atoms with E-state index in [0.29, 0.717) is 30.5 Å². The highest BCUT2D eigenvalue weighted by molar-refractivity contribution is 5.76. The smallest absolute Gasteiger partial charge is 0.408 e. The Morgan fingerprint density at radius 1 is 1.53 bits per heavy atom. The highest BCUT2D eigenvalue weighted by Crippen LogP contribution is 2.12. The molecular formula is C13H17N3O3. The Hall–Kier alpha value is -2.08. The second-order valence-corrected chi connectivity index (χ2v) is 4.63. The van der Waals surface area contributed by atoms with Gasteiger partial charge in [-0.1, -0.05) is 6.07 Å². The van der Waals surface area contributed by atoms with Crippen molar-refractivity contribution in [1.29, 1.82) is 0 Å². The fraction of sp³-hybridized carbons (Fsp3) is 0.385. The van der Waals surface area contributed by atoms with Gasteiger partial charge in [-0.05, 0) is 31.0 Å². The maximum atomic E-state index is 11.4. The number of fused-ring (bicyclic) bond motifs is 1. The van der Waals surface area contributed by atoms with Crippen LogP contribution < -0.4 is 16.8 Å². The summed E-state index contributed by atoms with van der Waals surface area (Å²) in [5, 5.41) is 2.80. The van der Waals surface area contributed by atoms with Crippen molar-refractivity contribution >= 4 is 17.0 Å². The number of hydrogen-bond donors (Lipinski definition) is 3. The van der Waals surface area contributed by atoms with Gasteiger partial charge in [0.25, 0.3) is 0 Å². The molecule has 0 spiro atoms. The zero-order chi connectivity index (χ0) is 13.8. The first-order valence-corrected chi connectivity index (χ1v) is 6.18. The first kappa shape index (κ1) is 13.4. The Bertz CT molecular complexity index is 627. The zero-order valence-electron chi connectivity index (χ0n) is 10.7. The molecule has 102 valence electrons. The number of nitrogens with one attached hydrogen (secondary N) is 2. The summed E-state index contributed by atoms with van der Waals surface area (Å²) in [6.07, 6.45) is 1.00. The van der Waals surface area contributed by atoms with Crippen molar-refractivity contribution < 1.29 is 9.21 Å². The van der Waals surface area contributed by atoms with Crippen molar-refractivity contribution in [3.8, 4) is 0 Å². The van der Waals surface area contributed by atoms with Gasteiger partial charge in [0.2, 0.25) is 5.91 Å². The number of carbonyl (C=O) groups excluding carboxylic acids is 1. The summed E-state index contributed by atoms with van der Waals surface area (Å²) in [6, 6.07) is 5.35. The van der Waals surface area contributed by atoms with Crippen LogP contribution in [-0.2, 0) is 11.2 Å². The number of amides is 1. The molecule has 6 heteroatoms. The van der Waals surface area contributed by atoms with Crippen LogP contribution in [0.4, 0.5) is 0 Å². The third kappa shape index (κ3) is 3.69. The van der Waals surface area contributed by atoms with Crippen LogP contribution in [0.3, 0.4) is 0 Å². The Kier molecular flexibility index (Phi) is 4.01. The number of aromatic nitrogens is 1. The summed E-state index contributed by atoms with van der Waals surface area (Å²) in [5.74, 6) is -0.512. The normalized spacial score (nSPS) is 12.5. The van der Waals surface area contributed by atoms with Gasteiger partial charge in [0.1, 0.15) is 0 Å². The average Bonchev–Trinajstić information content (AvgIpc) is 2.67. The molecule has 1 unspecified atom stereocenters. The summed E-state index contributed by atoms with van der Waals surface area (Å²) < 4.78 is 4.97. The Morgan fingerprint density at radius 2 is 2.32 bits per heavy atom. The minimum absolute atomic E-state index is 0.0516.